The molecule has 0 aliphatic carbocycles. The zero-order chi connectivity index (χ0) is 28.8. The highest BCUT2D eigenvalue weighted by Gasteiger charge is 2.23. The highest BCUT2D eigenvalue weighted by Crippen LogP contribution is 2.31. The van der Waals surface area contributed by atoms with Gasteiger partial charge in [-0.3, -0.25) is 4.90 Å². The van der Waals surface area contributed by atoms with Gasteiger partial charge in [-0.1, -0.05) is 23.2 Å². The lowest BCUT2D eigenvalue weighted by Crippen LogP contribution is -2.35. The van der Waals surface area contributed by atoms with Gasteiger partial charge in [0.1, 0.15) is 6.29 Å². The molecule has 11 heteroatoms. The van der Waals surface area contributed by atoms with Gasteiger partial charge in [-0.05, 0) is 68.7 Å². The summed E-state index contributed by atoms with van der Waals surface area (Å²) in [6.07, 6.45) is 7.17. The van der Waals surface area contributed by atoms with E-state index in [4.69, 9.17) is 37.7 Å². The third kappa shape index (κ3) is 8.14. The van der Waals surface area contributed by atoms with Crippen LogP contribution in [0.2, 0.25) is 10.0 Å². The van der Waals surface area contributed by atoms with E-state index in [1.807, 2.05) is 18.2 Å². The van der Waals surface area contributed by atoms with E-state index in [0.29, 0.717) is 40.0 Å². The van der Waals surface area contributed by atoms with Crippen molar-refractivity contribution in [2.45, 2.75) is 31.9 Å². The number of carbonyl (C=O) groups is 1. The van der Waals surface area contributed by atoms with E-state index in [9.17, 15) is 4.79 Å². The summed E-state index contributed by atoms with van der Waals surface area (Å²) < 4.78 is 11.8. The van der Waals surface area contributed by atoms with Crippen LogP contribution in [0.1, 0.15) is 24.8 Å². The molecule has 1 atom stereocenters. The van der Waals surface area contributed by atoms with Crippen LogP contribution in [0.4, 0.5) is 5.95 Å². The van der Waals surface area contributed by atoms with Gasteiger partial charge in [0.15, 0.2) is 5.75 Å². The molecule has 0 radical (unpaired) electrons. The van der Waals surface area contributed by atoms with Crippen LogP contribution in [0.5, 0.6) is 11.6 Å². The van der Waals surface area contributed by atoms with Crippen LogP contribution in [0.25, 0.3) is 11.3 Å². The molecule has 41 heavy (non-hydrogen) atoms. The van der Waals surface area contributed by atoms with Crippen molar-refractivity contribution >= 4 is 35.4 Å². The van der Waals surface area contributed by atoms with E-state index in [1.54, 1.807) is 25.6 Å². The molecule has 3 aromatic rings. The highest BCUT2D eigenvalue weighted by molar-refractivity contribution is 6.35. The zero-order valence-electron chi connectivity index (χ0n) is 23.5. The molecule has 5 rings (SSSR count). The number of hydrogen-bond donors (Lipinski definition) is 0. The van der Waals surface area contributed by atoms with Gasteiger partial charge in [0.25, 0.3) is 0 Å². The van der Waals surface area contributed by atoms with Crippen LogP contribution in [0.3, 0.4) is 0 Å². The van der Waals surface area contributed by atoms with E-state index < -0.39 is 0 Å². The Labute approximate surface area is 251 Å². The number of piperidine rings is 1. The third-order valence-electron chi connectivity index (χ3n) is 7.71. The molecule has 2 aliphatic heterocycles. The number of aldehydes is 1. The molecule has 0 bridgehead atoms. The number of carbonyl (C=O) groups excluding carboxylic acids is 1. The molecule has 2 saturated heterocycles. The minimum Gasteiger partial charge on any atom is -0.436 e. The number of benzene rings is 1. The number of methoxy groups -OCH3 is 1. The topological polar surface area (TPSA) is 83.9 Å². The highest BCUT2D eigenvalue weighted by atomic mass is 35.5. The fourth-order valence-electron chi connectivity index (χ4n) is 5.43. The van der Waals surface area contributed by atoms with E-state index in [1.165, 1.54) is 0 Å². The number of ether oxygens (including phenoxy) is 2. The second-order valence-corrected chi connectivity index (χ2v) is 11.7. The van der Waals surface area contributed by atoms with Crippen molar-refractivity contribution in [2.75, 3.05) is 58.3 Å². The van der Waals surface area contributed by atoms with Gasteiger partial charge in [0.05, 0.1) is 24.2 Å². The average molecular weight is 600 g/mol. The van der Waals surface area contributed by atoms with Crippen molar-refractivity contribution in [2.24, 2.45) is 5.92 Å². The van der Waals surface area contributed by atoms with Gasteiger partial charge >= 0.3 is 0 Å². The van der Waals surface area contributed by atoms with E-state index >= 15 is 0 Å². The van der Waals surface area contributed by atoms with Crippen molar-refractivity contribution in [3.63, 3.8) is 0 Å². The van der Waals surface area contributed by atoms with Crippen LogP contribution in [-0.2, 0) is 16.1 Å². The molecule has 0 spiro atoms. The van der Waals surface area contributed by atoms with Crippen LogP contribution >= 0.6 is 23.2 Å². The fourth-order valence-corrected chi connectivity index (χ4v) is 5.95. The summed E-state index contributed by atoms with van der Waals surface area (Å²) in [5, 5.41) is 1.08. The van der Waals surface area contributed by atoms with Crippen molar-refractivity contribution < 1.29 is 14.3 Å². The number of rotatable bonds is 9. The Kier molecular flexibility index (Phi) is 10.1. The van der Waals surface area contributed by atoms with Gasteiger partial charge < -0.3 is 24.1 Å². The Morgan fingerprint density at radius 1 is 0.976 bits per heavy atom. The summed E-state index contributed by atoms with van der Waals surface area (Å²) in [6.45, 7) is 5.95. The maximum atomic E-state index is 10.9. The van der Waals surface area contributed by atoms with Crippen LogP contribution in [-0.4, -0.2) is 90.6 Å². The van der Waals surface area contributed by atoms with Gasteiger partial charge in [0, 0.05) is 67.9 Å². The number of likely N-dealkylation sites (N-methyl/N-ethyl adjacent to an activating group) is 1. The van der Waals surface area contributed by atoms with Crippen LogP contribution in [0.15, 0.2) is 42.7 Å². The Hall–Kier alpha value is -2.82. The molecular formula is C30H36Cl2N6O3. The zero-order valence-corrected chi connectivity index (χ0v) is 25.0. The molecule has 0 amide bonds. The normalized spacial score (nSPS) is 19.2. The Balaban J connectivity index is 1.35. The summed E-state index contributed by atoms with van der Waals surface area (Å²) >= 11 is 12.6. The number of nitrogens with zero attached hydrogens (tertiary/aromatic N) is 6. The molecule has 2 fully saturated rings. The first kappa shape index (κ1) is 29.7. The Morgan fingerprint density at radius 2 is 1.71 bits per heavy atom. The van der Waals surface area contributed by atoms with Crippen molar-refractivity contribution in [1.29, 1.82) is 0 Å². The average Bonchev–Trinajstić information content (AvgIpc) is 3.15. The molecule has 9 nitrogen and oxygen atoms in total. The summed E-state index contributed by atoms with van der Waals surface area (Å²) in [4.78, 5) is 31.7. The van der Waals surface area contributed by atoms with E-state index in [-0.39, 0.29) is 6.10 Å². The predicted octanol–water partition coefficient (Wildman–Crippen LogP) is 5.21. The van der Waals surface area contributed by atoms with Crippen LogP contribution < -0.4 is 9.64 Å². The molecule has 2 aromatic heterocycles. The summed E-state index contributed by atoms with van der Waals surface area (Å²) in [6, 6.07) is 9.40. The number of likely N-dealkylation sites (tertiary alicyclic amines) is 1. The fraction of sp³-hybridized carbons (Fsp3) is 0.467. The monoisotopic (exact) mass is 598 g/mol. The number of aromatic nitrogens is 3. The lowest BCUT2D eigenvalue weighted by Gasteiger charge is -2.31. The first-order valence-electron chi connectivity index (χ1n) is 14.0. The van der Waals surface area contributed by atoms with Gasteiger partial charge in [-0.15, -0.1) is 0 Å². The molecule has 218 valence electrons. The smallest absolute Gasteiger partial charge is 0.225 e. The quantitative estimate of drug-likeness (QED) is 0.308. The third-order valence-corrected chi connectivity index (χ3v) is 8.14. The first-order chi connectivity index (χ1) is 19.9. The van der Waals surface area contributed by atoms with Gasteiger partial charge in [-0.25, -0.2) is 15.0 Å². The molecule has 0 saturated carbocycles. The largest absolute Gasteiger partial charge is 0.436 e. The summed E-state index contributed by atoms with van der Waals surface area (Å²) in [7, 11) is 3.83. The van der Waals surface area contributed by atoms with Crippen molar-refractivity contribution in [3.8, 4) is 22.9 Å². The van der Waals surface area contributed by atoms with Crippen LogP contribution in [0, 0.1) is 5.92 Å². The SMILES string of the molecule is COC1CN(C)CCN(c2ncc(Oc3cc(CN4CCC(CC=O)CC4)cc(-c4cc(Cl)cc(Cl)c4)n3)cn2)C1. The van der Waals surface area contributed by atoms with Crippen molar-refractivity contribution in [1.82, 2.24) is 24.8 Å². The Bertz CT molecular complexity index is 1300. The van der Waals surface area contributed by atoms with Crippen molar-refractivity contribution in [3.05, 3.63) is 58.3 Å². The standard InChI is InChI=1S/C30H36Cl2N6O3/c1-36-8-9-38(20-27(19-36)40-2)30-33-16-26(17-34-30)41-29-12-22(18-37-6-3-21(4-7-37)5-10-39)11-28(35-29)23-13-24(31)15-25(32)14-23/h10-17,21,27H,3-9,18-20H2,1-2H3. The predicted molar refractivity (Wildman–Crippen MR) is 161 cm³/mol. The second-order valence-electron chi connectivity index (χ2n) is 10.9. The molecular weight excluding hydrogens is 563 g/mol. The molecule has 2 aliphatic rings. The summed E-state index contributed by atoms with van der Waals surface area (Å²) in [5.74, 6) is 2.06. The van der Waals surface area contributed by atoms with E-state index in [2.05, 4.69) is 37.8 Å². The lowest BCUT2D eigenvalue weighted by molar-refractivity contribution is -0.108. The minimum absolute atomic E-state index is 0.0863. The maximum Gasteiger partial charge on any atom is 0.225 e. The number of hydrogen-bond acceptors (Lipinski definition) is 9. The lowest BCUT2D eigenvalue weighted by atomic mass is 9.94. The summed E-state index contributed by atoms with van der Waals surface area (Å²) in [5.41, 5.74) is 2.59. The van der Waals surface area contributed by atoms with E-state index in [0.717, 1.165) is 81.8 Å². The second kappa shape index (κ2) is 13.9. The maximum absolute atomic E-state index is 10.9. The molecule has 1 aromatic carbocycles. The molecule has 1 unspecified atom stereocenters. The number of anilines is 1. The number of pyridine rings is 1. The minimum atomic E-state index is 0.0863. The molecule has 4 heterocycles. The number of halogens is 2. The van der Waals surface area contributed by atoms with Gasteiger partial charge in [-0.2, -0.15) is 0 Å². The van der Waals surface area contributed by atoms with Gasteiger partial charge in [0.2, 0.25) is 11.8 Å². The first-order valence-corrected chi connectivity index (χ1v) is 14.7. The molecule has 0 N–H and O–H groups in total. The Morgan fingerprint density at radius 3 is 2.39 bits per heavy atom.